The fourth-order valence-electron chi connectivity index (χ4n) is 3.48. The van der Waals surface area contributed by atoms with E-state index in [0.717, 1.165) is 32.1 Å². The minimum Gasteiger partial charge on any atom is -0.359 e. The first-order chi connectivity index (χ1) is 10.3. The summed E-state index contributed by atoms with van der Waals surface area (Å²) in [5, 5.41) is -1.47. The van der Waals surface area contributed by atoms with Gasteiger partial charge in [-0.25, -0.2) is 16.8 Å². The van der Waals surface area contributed by atoms with E-state index in [1.54, 1.807) is 0 Å². The number of nitrogens with zero attached hydrogens (tertiary/aromatic N) is 2. The third-order valence-electron chi connectivity index (χ3n) is 4.96. The number of hydrogen-bond donors (Lipinski definition) is 0. The molecule has 22 heavy (non-hydrogen) atoms. The molecule has 0 atom stereocenters. The molecule has 8 heteroatoms. The summed E-state index contributed by atoms with van der Waals surface area (Å²) in [5.74, 6) is 0.455. The molecule has 0 saturated heterocycles. The summed E-state index contributed by atoms with van der Waals surface area (Å²) in [7, 11) is -8.18. The summed E-state index contributed by atoms with van der Waals surface area (Å²) in [5.41, 5.74) is 9.14. The Bertz CT molecular complexity index is 649. The van der Waals surface area contributed by atoms with E-state index in [4.69, 9.17) is 5.53 Å². The average molecular weight is 348 g/mol. The van der Waals surface area contributed by atoms with Crippen LogP contribution in [0.15, 0.2) is 0 Å². The van der Waals surface area contributed by atoms with Gasteiger partial charge in [-0.05, 0) is 44.4 Å². The van der Waals surface area contributed by atoms with Gasteiger partial charge in [0.15, 0.2) is 0 Å². The summed E-state index contributed by atoms with van der Waals surface area (Å²) in [6.45, 7) is 2.06. The molecular weight excluding hydrogens is 324 g/mol. The molecule has 0 heterocycles. The molecule has 2 aliphatic carbocycles. The van der Waals surface area contributed by atoms with Crippen molar-refractivity contribution in [2.24, 2.45) is 5.92 Å². The molecule has 0 aromatic carbocycles. The summed E-state index contributed by atoms with van der Waals surface area (Å²) in [6, 6.07) is 0. The van der Waals surface area contributed by atoms with E-state index < -0.39 is 34.6 Å². The second kappa shape index (κ2) is 6.81. The van der Waals surface area contributed by atoms with E-state index in [0.29, 0.717) is 31.6 Å². The largest absolute Gasteiger partial charge is 0.495 e. The number of sulfone groups is 2. The lowest BCUT2D eigenvalue weighted by Crippen LogP contribution is -2.41. The molecule has 2 aliphatic rings. The van der Waals surface area contributed by atoms with Crippen LogP contribution < -0.4 is 0 Å². The van der Waals surface area contributed by atoms with Crippen LogP contribution in [0.1, 0.15) is 64.7 Å². The van der Waals surface area contributed by atoms with Crippen LogP contribution in [-0.2, 0) is 19.7 Å². The van der Waals surface area contributed by atoms with Gasteiger partial charge in [0.05, 0.1) is 10.5 Å². The molecule has 0 aromatic rings. The summed E-state index contributed by atoms with van der Waals surface area (Å²) >= 11 is 0. The molecule has 2 rings (SSSR count). The second-order valence-corrected chi connectivity index (χ2v) is 11.1. The van der Waals surface area contributed by atoms with E-state index in [1.165, 1.54) is 0 Å². The van der Waals surface area contributed by atoms with Crippen LogP contribution in [-0.4, -0.2) is 36.5 Å². The topological polar surface area (TPSA) is 105 Å². The molecule has 0 bridgehead atoms. The zero-order valence-corrected chi connectivity index (χ0v) is 14.6. The highest BCUT2D eigenvalue weighted by Crippen LogP contribution is 2.31. The zero-order chi connectivity index (χ0) is 16.4. The van der Waals surface area contributed by atoms with Gasteiger partial charge in [0.25, 0.3) is 19.7 Å². The van der Waals surface area contributed by atoms with E-state index in [2.05, 4.69) is 11.7 Å². The Morgan fingerprint density at radius 3 is 1.73 bits per heavy atom. The molecule has 0 spiro atoms. The van der Waals surface area contributed by atoms with Crippen molar-refractivity contribution in [3.05, 3.63) is 5.53 Å². The highest BCUT2D eigenvalue weighted by molar-refractivity contribution is 8.31. The molecule has 126 valence electrons. The summed E-state index contributed by atoms with van der Waals surface area (Å²) in [6.07, 6.45) is 5.76. The molecule has 2 saturated carbocycles. The Balaban J connectivity index is 2.29. The van der Waals surface area contributed by atoms with Gasteiger partial charge in [0.2, 0.25) is 0 Å². The van der Waals surface area contributed by atoms with Gasteiger partial charge in [-0.15, -0.1) is 4.79 Å². The van der Waals surface area contributed by atoms with Gasteiger partial charge in [-0.3, -0.25) is 0 Å². The standard InChI is InChI=1S/C14H24N2O4S2/c1-11-7-9-13(10-8-11)22(19,20)14(16-15)21(17,18)12-5-3-2-4-6-12/h11-13H,2-10H2,1H3. The van der Waals surface area contributed by atoms with Crippen molar-refractivity contribution in [3.8, 4) is 0 Å². The molecular formula is C14H24N2O4S2. The minimum atomic E-state index is -4.09. The average Bonchev–Trinajstić information content (AvgIpc) is 2.48. The first kappa shape index (κ1) is 17.6. The lowest BCUT2D eigenvalue weighted by molar-refractivity contribution is 0.00358. The van der Waals surface area contributed by atoms with Crippen molar-refractivity contribution in [2.45, 2.75) is 75.2 Å². The Hall–Kier alpha value is -0.720. The van der Waals surface area contributed by atoms with E-state index in [9.17, 15) is 16.8 Å². The summed E-state index contributed by atoms with van der Waals surface area (Å²) in [4.78, 5) is 2.74. The third kappa shape index (κ3) is 3.44. The van der Waals surface area contributed by atoms with E-state index in [1.807, 2.05) is 0 Å². The highest BCUT2D eigenvalue weighted by Gasteiger charge is 2.50. The maximum atomic E-state index is 12.6. The molecule has 2 fully saturated rings. The monoisotopic (exact) mass is 348 g/mol. The van der Waals surface area contributed by atoms with Crippen LogP contribution in [0.2, 0.25) is 0 Å². The van der Waals surface area contributed by atoms with Gasteiger partial charge in [0, 0.05) is 0 Å². The Labute approximate surface area is 132 Å². The van der Waals surface area contributed by atoms with Crippen molar-refractivity contribution >= 4 is 24.1 Å². The Morgan fingerprint density at radius 1 is 0.818 bits per heavy atom. The molecule has 6 nitrogen and oxygen atoms in total. The van der Waals surface area contributed by atoms with Gasteiger partial charge in [-0.1, -0.05) is 26.2 Å². The van der Waals surface area contributed by atoms with Crippen molar-refractivity contribution in [1.29, 1.82) is 0 Å². The van der Waals surface area contributed by atoms with E-state index in [-0.39, 0.29) is 0 Å². The first-order valence-electron chi connectivity index (χ1n) is 8.00. The molecule has 0 aromatic heterocycles. The smallest absolute Gasteiger partial charge is 0.359 e. The molecule has 0 unspecified atom stereocenters. The number of hydrogen-bond acceptors (Lipinski definition) is 4. The quantitative estimate of drug-likeness (QED) is 0.330. The van der Waals surface area contributed by atoms with Crippen molar-refractivity contribution < 1.29 is 21.6 Å². The first-order valence-corrected chi connectivity index (χ1v) is 11.1. The Kier molecular flexibility index (Phi) is 5.45. The van der Waals surface area contributed by atoms with Crippen molar-refractivity contribution in [1.82, 2.24) is 0 Å². The third-order valence-corrected chi connectivity index (χ3v) is 10.2. The van der Waals surface area contributed by atoms with E-state index >= 15 is 0 Å². The maximum absolute atomic E-state index is 12.6. The van der Waals surface area contributed by atoms with Gasteiger partial charge >= 0.3 is 4.38 Å². The van der Waals surface area contributed by atoms with Crippen LogP contribution in [0, 0.1) is 5.92 Å². The molecule has 0 N–H and O–H groups in total. The van der Waals surface area contributed by atoms with Gasteiger partial charge < -0.3 is 5.53 Å². The van der Waals surface area contributed by atoms with Crippen LogP contribution >= 0.6 is 0 Å². The SMILES string of the molecule is CC1CCC(S(=O)(=O)C(=[N+]=[N-])S(=O)(=O)C2CCCCC2)CC1. The Morgan fingerprint density at radius 2 is 1.27 bits per heavy atom. The van der Waals surface area contributed by atoms with Crippen molar-refractivity contribution in [3.63, 3.8) is 0 Å². The lowest BCUT2D eigenvalue weighted by Gasteiger charge is -2.25. The van der Waals surface area contributed by atoms with Crippen LogP contribution in [0.3, 0.4) is 0 Å². The maximum Gasteiger partial charge on any atom is 0.495 e. The summed E-state index contributed by atoms with van der Waals surface area (Å²) < 4.78 is 49.5. The van der Waals surface area contributed by atoms with Crippen LogP contribution in [0.4, 0.5) is 0 Å². The normalized spacial score (nSPS) is 28.0. The molecule has 0 aliphatic heterocycles. The zero-order valence-electron chi connectivity index (χ0n) is 12.9. The van der Waals surface area contributed by atoms with Crippen LogP contribution in [0.25, 0.3) is 5.53 Å². The fraction of sp³-hybridized carbons (Fsp3) is 0.929. The fourth-order valence-corrected chi connectivity index (χ4v) is 8.23. The highest BCUT2D eigenvalue weighted by atomic mass is 32.3. The predicted molar refractivity (Wildman–Crippen MR) is 84.8 cm³/mol. The predicted octanol–water partition coefficient (Wildman–Crippen LogP) is 2.31. The molecule has 0 radical (unpaired) electrons. The minimum absolute atomic E-state index is 0.433. The van der Waals surface area contributed by atoms with Gasteiger partial charge in [0.1, 0.15) is 0 Å². The van der Waals surface area contributed by atoms with Crippen molar-refractivity contribution in [2.75, 3.05) is 0 Å². The van der Waals surface area contributed by atoms with Gasteiger partial charge in [-0.2, -0.15) is 0 Å². The van der Waals surface area contributed by atoms with Crippen LogP contribution in [0.5, 0.6) is 0 Å². The number of rotatable bonds is 2. The molecule has 0 amide bonds. The second-order valence-electron chi connectivity index (χ2n) is 6.60. The lowest BCUT2D eigenvalue weighted by atomic mass is 9.91.